The van der Waals surface area contributed by atoms with Gasteiger partial charge in [0, 0.05) is 6.42 Å². The Bertz CT molecular complexity index is 783. The van der Waals surface area contributed by atoms with Crippen LogP contribution in [0.25, 0.3) is 0 Å². The SMILES string of the molecule is O=C(O)C1(c2ccccc2)Cc2ccccc2N1N[SH](=O)=O. The molecule has 0 radical (unpaired) electrons. The van der Waals surface area contributed by atoms with E-state index in [4.69, 9.17) is 0 Å². The van der Waals surface area contributed by atoms with E-state index < -0.39 is 22.4 Å². The van der Waals surface area contributed by atoms with Crippen LogP contribution in [0.2, 0.25) is 0 Å². The Morgan fingerprint density at radius 1 is 1.09 bits per heavy atom. The fraction of sp³-hybridized carbons (Fsp3) is 0.133. The number of anilines is 1. The number of hydrazine groups is 1. The number of benzene rings is 2. The second kappa shape index (κ2) is 5.43. The van der Waals surface area contributed by atoms with Crippen LogP contribution in [0.1, 0.15) is 11.1 Å². The molecule has 2 N–H and O–H groups in total. The van der Waals surface area contributed by atoms with E-state index in [0.717, 1.165) is 5.56 Å². The van der Waals surface area contributed by atoms with Crippen LogP contribution in [-0.2, 0) is 27.6 Å². The maximum atomic E-state index is 12.1. The number of carboxylic acids is 1. The highest BCUT2D eigenvalue weighted by Crippen LogP contribution is 2.44. The summed E-state index contributed by atoms with van der Waals surface area (Å²) in [5.41, 5.74) is 0.342. The molecular weight excluding hydrogens is 304 g/mol. The number of fused-ring (bicyclic) bond motifs is 1. The van der Waals surface area contributed by atoms with Gasteiger partial charge in [-0.3, -0.25) is 5.01 Å². The molecule has 7 heteroatoms. The molecule has 1 aliphatic heterocycles. The summed E-state index contributed by atoms with van der Waals surface area (Å²) in [4.78, 5) is 14.4. The monoisotopic (exact) mass is 318 g/mol. The van der Waals surface area contributed by atoms with Crippen molar-refractivity contribution in [2.75, 3.05) is 5.01 Å². The molecule has 1 unspecified atom stereocenters. The van der Waals surface area contributed by atoms with Gasteiger partial charge in [0.05, 0.1) is 5.69 Å². The molecule has 0 spiro atoms. The zero-order chi connectivity index (χ0) is 15.7. The molecule has 0 amide bonds. The van der Waals surface area contributed by atoms with Crippen LogP contribution in [0.15, 0.2) is 54.6 Å². The number of carbonyl (C=O) groups is 1. The Hall–Kier alpha value is -2.38. The second-order valence-corrected chi connectivity index (χ2v) is 5.74. The van der Waals surface area contributed by atoms with Gasteiger partial charge < -0.3 is 5.11 Å². The fourth-order valence-corrected chi connectivity index (χ4v) is 3.34. The third-order valence-electron chi connectivity index (χ3n) is 3.85. The number of aliphatic carboxylic acids is 1. The van der Waals surface area contributed by atoms with E-state index in [1.165, 1.54) is 5.01 Å². The van der Waals surface area contributed by atoms with Gasteiger partial charge in [0.15, 0.2) is 5.54 Å². The highest BCUT2D eigenvalue weighted by Gasteiger charge is 2.52. The van der Waals surface area contributed by atoms with Gasteiger partial charge in [0.25, 0.3) is 0 Å². The van der Waals surface area contributed by atoms with Crippen LogP contribution in [0, 0.1) is 0 Å². The molecule has 1 heterocycles. The summed E-state index contributed by atoms with van der Waals surface area (Å²) in [6.07, 6.45) is 0.179. The molecule has 0 bridgehead atoms. The van der Waals surface area contributed by atoms with E-state index in [9.17, 15) is 18.3 Å². The van der Waals surface area contributed by atoms with Crippen LogP contribution >= 0.6 is 0 Å². The molecule has 114 valence electrons. The summed E-state index contributed by atoms with van der Waals surface area (Å²) in [5, 5.41) is 11.1. The van der Waals surface area contributed by atoms with Gasteiger partial charge in [-0.2, -0.15) is 0 Å². The zero-order valence-corrected chi connectivity index (χ0v) is 12.4. The van der Waals surface area contributed by atoms with E-state index in [0.29, 0.717) is 11.3 Å². The Morgan fingerprint density at radius 2 is 1.73 bits per heavy atom. The van der Waals surface area contributed by atoms with Gasteiger partial charge in [0.1, 0.15) is 0 Å². The molecule has 0 saturated heterocycles. The quantitative estimate of drug-likeness (QED) is 0.734. The summed E-state index contributed by atoms with van der Waals surface area (Å²) >= 11 is 0. The predicted molar refractivity (Wildman–Crippen MR) is 81.8 cm³/mol. The summed E-state index contributed by atoms with van der Waals surface area (Å²) in [6.45, 7) is 0. The van der Waals surface area contributed by atoms with Crippen molar-refractivity contribution in [1.29, 1.82) is 0 Å². The minimum atomic E-state index is -3.00. The molecule has 1 atom stereocenters. The zero-order valence-electron chi connectivity index (χ0n) is 11.5. The van der Waals surface area contributed by atoms with E-state index in [1.54, 1.807) is 54.6 Å². The van der Waals surface area contributed by atoms with Crippen LogP contribution in [-0.4, -0.2) is 19.5 Å². The minimum absolute atomic E-state index is 0.179. The minimum Gasteiger partial charge on any atom is -0.479 e. The Morgan fingerprint density at radius 3 is 2.36 bits per heavy atom. The molecule has 0 saturated carbocycles. The Kier molecular flexibility index (Phi) is 3.59. The highest BCUT2D eigenvalue weighted by atomic mass is 32.2. The number of hydrogen-bond acceptors (Lipinski definition) is 4. The number of carboxylic acid groups (broad SMARTS) is 1. The van der Waals surface area contributed by atoms with Crippen molar-refractivity contribution in [1.82, 2.24) is 4.83 Å². The first-order valence-corrected chi connectivity index (χ1v) is 7.81. The molecule has 0 aliphatic carbocycles. The first kappa shape index (κ1) is 14.6. The number of para-hydroxylation sites is 1. The topological polar surface area (TPSA) is 86.7 Å². The lowest BCUT2D eigenvalue weighted by Crippen LogP contribution is -2.56. The largest absolute Gasteiger partial charge is 0.479 e. The third-order valence-corrected chi connectivity index (χ3v) is 4.21. The average molecular weight is 318 g/mol. The van der Waals surface area contributed by atoms with E-state index in [1.807, 2.05) is 0 Å². The van der Waals surface area contributed by atoms with Gasteiger partial charge in [-0.15, -0.1) is 4.83 Å². The Balaban J connectivity index is 2.23. The van der Waals surface area contributed by atoms with Gasteiger partial charge in [-0.1, -0.05) is 48.5 Å². The molecule has 22 heavy (non-hydrogen) atoms. The van der Waals surface area contributed by atoms with Gasteiger partial charge in [-0.05, 0) is 17.2 Å². The van der Waals surface area contributed by atoms with Crippen LogP contribution in [0.5, 0.6) is 0 Å². The van der Waals surface area contributed by atoms with Gasteiger partial charge in [0.2, 0.25) is 10.9 Å². The fourth-order valence-electron chi connectivity index (χ4n) is 2.90. The number of rotatable bonds is 4. The van der Waals surface area contributed by atoms with Crippen molar-refractivity contribution < 1.29 is 18.3 Å². The number of thiol groups is 1. The van der Waals surface area contributed by atoms with Gasteiger partial charge >= 0.3 is 5.97 Å². The lowest BCUT2D eigenvalue weighted by atomic mass is 9.87. The van der Waals surface area contributed by atoms with Crippen molar-refractivity contribution in [3.63, 3.8) is 0 Å². The average Bonchev–Trinajstić information content (AvgIpc) is 2.83. The molecule has 2 aromatic rings. The lowest BCUT2D eigenvalue weighted by molar-refractivity contribution is -0.143. The maximum absolute atomic E-state index is 12.1. The van der Waals surface area contributed by atoms with E-state index in [2.05, 4.69) is 4.83 Å². The van der Waals surface area contributed by atoms with Gasteiger partial charge in [-0.25, -0.2) is 13.2 Å². The predicted octanol–water partition coefficient (Wildman–Crippen LogP) is 1.06. The maximum Gasteiger partial charge on any atom is 0.336 e. The summed E-state index contributed by atoms with van der Waals surface area (Å²) in [5.74, 6) is -1.11. The Labute approximate surface area is 129 Å². The summed E-state index contributed by atoms with van der Waals surface area (Å²) < 4.78 is 22.4. The molecule has 0 fully saturated rings. The highest BCUT2D eigenvalue weighted by molar-refractivity contribution is 7.70. The first-order chi connectivity index (χ1) is 10.6. The standard InChI is InChI=1S/C15H14N2O4S/c18-14(19)15(12-7-2-1-3-8-12)10-11-6-4-5-9-13(11)17(15)16-22(20)21/h1-9,22H,10H2,(H,18,19)(H,16,20,21). The third kappa shape index (κ3) is 2.15. The number of nitrogens with one attached hydrogen (secondary N) is 1. The normalized spacial score (nSPS) is 20.1. The van der Waals surface area contributed by atoms with Crippen molar-refractivity contribution in [2.24, 2.45) is 0 Å². The first-order valence-electron chi connectivity index (χ1n) is 6.63. The molecule has 0 aromatic heterocycles. The summed E-state index contributed by atoms with van der Waals surface area (Å²) in [6, 6.07) is 15.7. The van der Waals surface area contributed by atoms with Crippen LogP contribution in [0.3, 0.4) is 0 Å². The lowest BCUT2D eigenvalue weighted by Gasteiger charge is -2.35. The molecule has 6 nitrogen and oxygen atoms in total. The van der Waals surface area contributed by atoms with Crippen molar-refractivity contribution >= 4 is 22.5 Å². The summed E-state index contributed by atoms with van der Waals surface area (Å²) in [7, 11) is -3.00. The van der Waals surface area contributed by atoms with Crippen molar-refractivity contribution in [3.05, 3.63) is 65.7 Å². The van der Waals surface area contributed by atoms with E-state index >= 15 is 0 Å². The van der Waals surface area contributed by atoms with Crippen molar-refractivity contribution in [2.45, 2.75) is 12.0 Å². The molecule has 1 aliphatic rings. The molecule has 3 rings (SSSR count). The number of hydrogen-bond donors (Lipinski definition) is 3. The molecular formula is C15H14N2O4S. The number of nitrogens with zero attached hydrogens (tertiary/aromatic N) is 1. The molecule has 2 aromatic carbocycles. The van der Waals surface area contributed by atoms with Crippen molar-refractivity contribution in [3.8, 4) is 0 Å². The smallest absolute Gasteiger partial charge is 0.336 e. The second-order valence-electron chi connectivity index (χ2n) is 5.03. The van der Waals surface area contributed by atoms with Crippen LogP contribution in [0.4, 0.5) is 5.69 Å². The van der Waals surface area contributed by atoms with Crippen LogP contribution < -0.4 is 9.84 Å². The van der Waals surface area contributed by atoms with E-state index in [-0.39, 0.29) is 6.42 Å².